The van der Waals surface area contributed by atoms with Crippen molar-refractivity contribution < 1.29 is 4.74 Å². The highest BCUT2D eigenvalue weighted by atomic mass is 16.5. The lowest BCUT2D eigenvalue weighted by Gasteiger charge is -2.24. The Morgan fingerprint density at radius 1 is 1.40 bits per heavy atom. The van der Waals surface area contributed by atoms with Crippen LogP contribution in [0.25, 0.3) is 0 Å². The minimum atomic E-state index is -0.0140. The molecule has 0 aliphatic carbocycles. The zero-order chi connectivity index (χ0) is 11.3. The Labute approximate surface area is 90.8 Å². The van der Waals surface area contributed by atoms with Crippen molar-refractivity contribution >= 4 is 5.69 Å². The molecule has 0 radical (unpaired) electrons. The van der Waals surface area contributed by atoms with Crippen molar-refractivity contribution in [1.82, 2.24) is 0 Å². The summed E-state index contributed by atoms with van der Waals surface area (Å²) in [7, 11) is 3.64. The number of likely N-dealkylation sites (N-methyl/N-ethyl adjacent to an activating group) is 1. The molecule has 1 aromatic rings. The Hall–Kier alpha value is -1.26. The van der Waals surface area contributed by atoms with Gasteiger partial charge < -0.3 is 21.1 Å². The molecule has 0 fully saturated rings. The molecule has 0 heterocycles. The van der Waals surface area contributed by atoms with Gasteiger partial charge in [-0.3, -0.25) is 0 Å². The van der Waals surface area contributed by atoms with Gasteiger partial charge in [0, 0.05) is 26.2 Å². The number of benzene rings is 1. The third-order valence-corrected chi connectivity index (χ3v) is 2.31. The molecule has 0 aromatic heterocycles. The molecule has 4 heteroatoms. The molecule has 15 heavy (non-hydrogen) atoms. The van der Waals surface area contributed by atoms with Crippen molar-refractivity contribution in [3.8, 4) is 5.75 Å². The Balaban J connectivity index is 2.76. The molecule has 0 spiro atoms. The summed E-state index contributed by atoms with van der Waals surface area (Å²) in [5.74, 6) is 0.851. The lowest BCUT2D eigenvalue weighted by molar-refractivity contribution is 0.414. The van der Waals surface area contributed by atoms with Crippen LogP contribution in [0.1, 0.15) is 0 Å². The first-order chi connectivity index (χ1) is 7.19. The van der Waals surface area contributed by atoms with Crippen molar-refractivity contribution in [1.29, 1.82) is 0 Å². The van der Waals surface area contributed by atoms with Crippen LogP contribution in [-0.2, 0) is 0 Å². The molecule has 1 aromatic carbocycles. The molecular formula is C11H19N3O. The number of anilines is 1. The van der Waals surface area contributed by atoms with Gasteiger partial charge in [-0.25, -0.2) is 0 Å². The van der Waals surface area contributed by atoms with E-state index in [0.717, 1.165) is 18.0 Å². The number of hydrogen-bond acceptors (Lipinski definition) is 4. The molecule has 4 nitrogen and oxygen atoms in total. The number of nitrogens with two attached hydrogens (primary N) is 2. The number of methoxy groups -OCH3 is 1. The first-order valence-corrected chi connectivity index (χ1v) is 4.98. The quantitative estimate of drug-likeness (QED) is 0.737. The van der Waals surface area contributed by atoms with Gasteiger partial charge in [0.05, 0.1) is 12.8 Å². The van der Waals surface area contributed by atoms with Crippen molar-refractivity contribution in [2.75, 3.05) is 32.1 Å². The molecule has 0 amide bonds. The third-order valence-electron chi connectivity index (χ3n) is 2.31. The molecule has 1 unspecified atom stereocenters. The second-order valence-electron chi connectivity index (χ2n) is 3.55. The molecular weight excluding hydrogens is 190 g/mol. The van der Waals surface area contributed by atoms with E-state index in [4.69, 9.17) is 16.2 Å². The van der Waals surface area contributed by atoms with Gasteiger partial charge >= 0.3 is 0 Å². The van der Waals surface area contributed by atoms with Crippen molar-refractivity contribution in [3.63, 3.8) is 0 Å². The number of rotatable bonds is 5. The van der Waals surface area contributed by atoms with Crippen molar-refractivity contribution in [2.24, 2.45) is 11.5 Å². The summed E-state index contributed by atoms with van der Waals surface area (Å²) in [5, 5.41) is 0. The van der Waals surface area contributed by atoms with Crippen LogP contribution in [0.5, 0.6) is 5.75 Å². The SMILES string of the molecule is COc1ccccc1N(C)CC(N)CN. The summed E-state index contributed by atoms with van der Waals surface area (Å²) in [4.78, 5) is 2.05. The van der Waals surface area contributed by atoms with Crippen LogP contribution in [0.4, 0.5) is 5.69 Å². The van der Waals surface area contributed by atoms with Crippen LogP contribution in [0.15, 0.2) is 24.3 Å². The predicted molar refractivity (Wildman–Crippen MR) is 63.3 cm³/mol. The molecule has 0 saturated heterocycles. The van der Waals surface area contributed by atoms with E-state index < -0.39 is 0 Å². The van der Waals surface area contributed by atoms with Crippen LogP contribution >= 0.6 is 0 Å². The summed E-state index contributed by atoms with van der Waals surface area (Å²) in [5.41, 5.74) is 12.3. The highest BCUT2D eigenvalue weighted by Gasteiger charge is 2.09. The first-order valence-electron chi connectivity index (χ1n) is 4.98. The Kier molecular flexibility index (Phi) is 4.39. The van der Waals surface area contributed by atoms with Gasteiger partial charge in [0.2, 0.25) is 0 Å². The number of ether oxygens (including phenoxy) is 1. The van der Waals surface area contributed by atoms with Crippen molar-refractivity contribution in [2.45, 2.75) is 6.04 Å². The van der Waals surface area contributed by atoms with E-state index in [1.807, 2.05) is 31.3 Å². The van der Waals surface area contributed by atoms with Gasteiger partial charge in [-0.15, -0.1) is 0 Å². The van der Waals surface area contributed by atoms with Crippen LogP contribution in [-0.4, -0.2) is 33.3 Å². The summed E-state index contributed by atoms with van der Waals surface area (Å²) in [6.45, 7) is 1.20. The first kappa shape index (κ1) is 11.8. The smallest absolute Gasteiger partial charge is 0.142 e. The standard InChI is InChI=1S/C11H19N3O/c1-14(8-9(13)7-12)10-5-3-4-6-11(10)15-2/h3-6,9H,7-8,12-13H2,1-2H3. The molecule has 0 aliphatic heterocycles. The van der Waals surface area contributed by atoms with E-state index in [-0.39, 0.29) is 6.04 Å². The van der Waals surface area contributed by atoms with Gasteiger partial charge in [0.25, 0.3) is 0 Å². The molecule has 84 valence electrons. The summed E-state index contributed by atoms with van der Waals surface area (Å²) in [6.07, 6.45) is 0. The lowest BCUT2D eigenvalue weighted by Crippen LogP contribution is -2.40. The predicted octanol–water partition coefficient (Wildman–Crippen LogP) is 0.417. The fraction of sp³-hybridized carbons (Fsp3) is 0.455. The van der Waals surface area contributed by atoms with Gasteiger partial charge in [0.1, 0.15) is 5.75 Å². The average molecular weight is 209 g/mol. The fourth-order valence-corrected chi connectivity index (χ4v) is 1.47. The monoisotopic (exact) mass is 209 g/mol. The lowest BCUT2D eigenvalue weighted by atomic mass is 10.2. The van der Waals surface area contributed by atoms with E-state index in [0.29, 0.717) is 6.54 Å². The number of nitrogens with zero attached hydrogens (tertiary/aromatic N) is 1. The number of para-hydroxylation sites is 2. The maximum Gasteiger partial charge on any atom is 0.142 e. The average Bonchev–Trinajstić information content (AvgIpc) is 2.28. The van der Waals surface area contributed by atoms with E-state index >= 15 is 0 Å². The van der Waals surface area contributed by atoms with Crippen LogP contribution in [0, 0.1) is 0 Å². The molecule has 4 N–H and O–H groups in total. The maximum absolute atomic E-state index is 5.80. The minimum absolute atomic E-state index is 0.0140. The van der Waals surface area contributed by atoms with Crippen LogP contribution in [0.2, 0.25) is 0 Å². The van der Waals surface area contributed by atoms with Crippen LogP contribution < -0.4 is 21.1 Å². The summed E-state index contributed by atoms with van der Waals surface area (Å²) in [6, 6.07) is 7.84. The molecule has 0 aliphatic rings. The van der Waals surface area contributed by atoms with E-state index in [1.54, 1.807) is 7.11 Å². The van der Waals surface area contributed by atoms with E-state index in [2.05, 4.69) is 4.90 Å². The molecule has 0 saturated carbocycles. The minimum Gasteiger partial charge on any atom is -0.495 e. The Morgan fingerprint density at radius 3 is 2.67 bits per heavy atom. The van der Waals surface area contributed by atoms with Crippen molar-refractivity contribution in [3.05, 3.63) is 24.3 Å². The summed E-state index contributed by atoms with van der Waals surface area (Å²) < 4.78 is 5.27. The zero-order valence-corrected chi connectivity index (χ0v) is 9.31. The van der Waals surface area contributed by atoms with Gasteiger partial charge in [0.15, 0.2) is 0 Å². The van der Waals surface area contributed by atoms with Gasteiger partial charge in [-0.2, -0.15) is 0 Å². The Bertz CT molecular complexity index is 304. The highest BCUT2D eigenvalue weighted by molar-refractivity contribution is 5.57. The van der Waals surface area contributed by atoms with E-state index in [9.17, 15) is 0 Å². The summed E-state index contributed by atoms with van der Waals surface area (Å²) >= 11 is 0. The van der Waals surface area contributed by atoms with Gasteiger partial charge in [-0.1, -0.05) is 12.1 Å². The van der Waals surface area contributed by atoms with E-state index in [1.165, 1.54) is 0 Å². The maximum atomic E-state index is 5.80. The highest BCUT2D eigenvalue weighted by Crippen LogP contribution is 2.26. The largest absolute Gasteiger partial charge is 0.495 e. The zero-order valence-electron chi connectivity index (χ0n) is 9.31. The fourth-order valence-electron chi connectivity index (χ4n) is 1.47. The van der Waals surface area contributed by atoms with Gasteiger partial charge in [-0.05, 0) is 12.1 Å². The normalized spacial score (nSPS) is 12.3. The molecule has 1 rings (SSSR count). The second-order valence-corrected chi connectivity index (χ2v) is 3.55. The van der Waals surface area contributed by atoms with Crippen LogP contribution in [0.3, 0.4) is 0 Å². The topological polar surface area (TPSA) is 64.5 Å². The number of hydrogen-bond donors (Lipinski definition) is 2. The molecule has 0 bridgehead atoms. The second kappa shape index (κ2) is 5.58. The Morgan fingerprint density at radius 2 is 2.07 bits per heavy atom. The third kappa shape index (κ3) is 3.11. The molecule has 1 atom stereocenters.